The van der Waals surface area contributed by atoms with E-state index in [9.17, 15) is 4.79 Å². The number of benzene rings is 2. The molecule has 0 radical (unpaired) electrons. The first kappa shape index (κ1) is 14.9. The van der Waals surface area contributed by atoms with Gasteiger partial charge < -0.3 is 10.3 Å². The van der Waals surface area contributed by atoms with Gasteiger partial charge in [0.2, 0.25) is 0 Å². The molecule has 1 amide bonds. The Morgan fingerprint density at radius 2 is 1.96 bits per heavy atom. The highest BCUT2D eigenvalue weighted by atomic mass is 35.5. The first-order valence-corrected chi connectivity index (χ1v) is 8.50. The van der Waals surface area contributed by atoms with Gasteiger partial charge in [-0.15, -0.1) is 11.3 Å². The van der Waals surface area contributed by atoms with E-state index in [4.69, 9.17) is 11.6 Å². The van der Waals surface area contributed by atoms with E-state index in [0.717, 1.165) is 22.4 Å². The van der Waals surface area contributed by atoms with Crippen LogP contribution in [0.3, 0.4) is 0 Å². The molecule has 24 heavy (non-hydrogen) atoms. The molecular weight excluding hydrogens is 342 g/mol. The van der Waals surface area contributed by atoms with E-state index in [2.05, 4.69) is 15.3 Å². The zero-order valence-electron chi connectivity index (χ0n) is 12.4. The van der Waals surface area contributed by atoms with Crippen LogP contribution in [0.5, 0.6) is 0 Å². The molecule has 0 bridgehead atoms. The average Bonchev–Trinajstić information content (AvgIpc) is 3.21. The molecule has 118 valence electrons. The Labute approximate surface area is 147 Å². The number of hydrogen-bond acceptors (Lipinski definition) is 3. The van der Waals surface area contributed by atoms with E-state index >= 15 is 0 Å². The number of anilines is 1. The molecule has 2 N–H and O–H groups in total. The number of H-pyrrole nitrogens is 1. The lowest BCUT2D eigenvalue weighted by molar-refractivity contribution is 0.103. The quantitative estimate of drug-likeness (QED) is 0.532. The fourth-order valence-corrected chi connectivity index (χ4v) is 3.40. The van der Waals surface area contributed by atoms with Gasteiger partial charge >= 0.3 is 0 Å². The fourth-order valence-electron chi connectivity index (χ4n) is 2.46. The topological polar surface area (TPSA) is 57.8 Å². The highest BCUT2D eigenvalue weighted by Crippen LogP contribution is 2.25. The zero-order chi connectivity index (χ0) is 16.5. The van der Waals surface area contributed by atoms with Gasteiger partial charge in [0.15, 0.2) is 0 Å². The summed E-state index contributed by atoms with van der Waals surface area (Å²) < 4.78 is 0.594. The van der Waals surface area contributed by atoms with Crippen LogP contribution in [-0.4, -0.2) is 15.9 Å². The standard InChI is InChI=1S/C18H12ClN3OS/c19-16-9-8-15(24-16)18(23)20-12-5-3-4-11(10-12)17-21-13-6-1-2-7-14(13)22-17/h1-10H,(H,20,23)(H,21,22). The Morgan fingerprint density at radius 1 is 1.08 bits per heavy atom. The van der Waals surface area contributed by atoms with Gasteiger partial charge in [-0.2, -0.15) is 0 Å². The molecule has 0 aliphatic rings. The van der Waals surface area contributed by atoms with Crippen molar-refractivity contribution >= 4 is 45.6 Å². The van der Waals surface area contributed by atoms with Gasteiger partial charge in [-0.25, -0.2) is 4.98 Å². The van der Waals surface area contributed by atoms with Gasteiger partial charge in [0.25, 0.3) is 5.91 Å². The molecule has 4 rings (SSSR count). The van der Waals surface area contributed by atoms with Gasteiger partial charge in [0.1, 0.15) is 5.82 Å². The highest BCUT2D eigenvalue weighted by molar-refractivity contribution is 7.18. The third-order valence-electron chi connectivity index (χ3n) is 3.58. The third-order valence-corrected chi connectivity index (χ3v) is 4.81. The largest absolute Gasteiger partial charge is 0.338 e. The van der Waals surface area contributed by atoms with Crippen LogP contribution >= 0.6 is 22.9 Å². The molecule has 0 fully saturated rings. The first-order chi connectivity index (χ1) is 11.7. The van der Waals surface area contributed by atoms with Crippen LogP contribution < -0.4 is 5.32 Å². The van der Waals surface area contributed by atoms with Gasteiger partial charge in [0, 0.05) is 11.3 Å². The van der Waals surface area contributed by atoms with Crippen LogP contribution in [0.25, 0.3) is 22.4 Å². The minimum absolute atomic E-state index is 0.173. The van der Waals surface area contributed by atoms with Gasteiger partial charge in [0.05, 0.1) is 20.2 Å². The van der Waals surface area contributed by atoms with Crippen molar-refractivity contribution in [2.75, 3.05) is 5.32 Å². The molecule has 0 saturated heterocycles. The number of halogens is 1. The lowest BCUT2D eigenvalue weighted by Gasteiger charge is -2.05. The maximum Gasteiger partial charge on any atom is 0.265 e. The van der Waals surface area contributed by atoms with Crippen LogP contribution in [-0.2, 0) is 0 Å². The summed E-state index contributed by atoms with van der Waals surface area (Å²) in [5.74, 6) is 0.597. The van der Waals surface area contributed by atoms with Crippen molar-refractivity contribution in [3.8, 4) is 11.4 Å². The molecule has 0 aliphatic heterocycles. The van der Waals surface area contributed by atoms with Crippen molar-refractivity contribution in [1.29, 1.82) is 0 Å². The van der Waals surface area contributed by atoms with Crippen LogP contribution in [0, 0.1) is 0 Å². The predicted molar refractivity (Wildman–Crippen MR) is 98.8 cm³/mol. The Bertz CT molecular complexity index is 1000. The molecule has 2 aromatic heterocycles. The summed E-state index contributed by atoms with van der Waals surface area (Å²) in [5.41, 5.74) is 3.51. The second-order valence-electron chi connectivity index (χ2n) is 5.24. The van der Waals surface area contributed by atoms with Crippen LogP contribution in [0.1, 0.15) is 9.67 Å². The Hall–Kier alpha value is -2.63. The molecule has 4 nitrogen and oxygen atoms in total. The summed E-state index contributed by atoms with van der Waals surface area (Å²) in [7, 11) is 0. The van der Waals surface area contributed by atoms with E-state index < -0.39 is 0 Å². The van der Waals surface area contributed by atoms with Crippen LogP contribution in [0.4, 0.5) is 5.69 Å². The van der Waals surface area contributed by atoms with Gasteiger partial charge in [-0.05, 0) is 36.4 Å². The summed E-state index contributed by atoms with van der Waals surface area (Å²) in [6.07, 6.45) is 0. The van der Waals surface area contributed by atoms with E-state index in [-0.39, 0.29) is 5.91 Å². The predicted octanol–water partition coefficient (Wildman–Crippen LogP) is 5.20. The van der Waals surface area contributed by atoms with Crippen molar-refractivity contribution in [2.24, 2.45) is 0 Å². The molecule has 6 heteroatoms. The van der Waals surface area contributed by atoms with Gasteiger partial charge in [-0.1, -0.05) is 35.9 Å². The molecule has 2 aromatic carbocycles. The normalized spacial score (nSPS) is 10.9. The van der Waals surface area contributed by atoms with E-state index in [1.54, 1.807) is 12.1 Å². The van der Waals surface area contributed by atoms with Crippen LogP contribution in [0.15, 0.2) is 60.7 Å². The lowest BCUT2D eigenvalue weighted by Crippen LogP contribution is -2.09. The van der Waals surface area contributed by atoms with E-state index in [1.165, 1.54) is 11.3 Å². The number of rotatable bonds is 3. The smallest absolute Gasteiger partial charge is 0.265 e. The Balaban J connectivity index is 1.62. The summed E-state index contributed by atoms with van der Waals surface area (Å²) in [5, 5.41) is 2.89. The van der Waals surface area contributed by atoms with E-state index in [1.807, 2.05) is 48.5 Å². The monoisotopic (exact) mass is 353 g/mol. The number of carbonyl (C=O) groups excluding carboxylic acids is 1. The summed E-state index contributed by atoms with van der Waals surface area (Å²) in [6, 6.07) is 18.9. The summed E-state index contributed by atoms with van der Waals surface area (Å²) in [6.45, 7) is 0. The molecule has 0 spiro atoms. The SMILES string of the molecule is O=C(Nc1cccc(-c2nc3ccccc3[nH]2)c1)c1ccc(Cl)s1. The number of thiophene rings is 1. The minimum atomic E-state index is -0.173. The number of carbonyl (C=O) groups is 1. The summed E-state index contributed by atoms with van der Waals surface area (Å²) >= 11 is 7.13. The average molecular weight is 354 g/mol. The number of hydrogen-bond donors (Lipinski definition) is 2. The van der Waals surface area contributed by atoms with E-state index in [0.29, 0.717) is 14.9 Å². The first-order valence-electron chi connectivity index (χ1n) is 7.31. The minimum Gasteiger partial charge on any atom is -0.338 e. The van der Waals surface area contributed by atoms with Crippen molar-refractivity contribution in [3.05, 3.63) is 69.9 Å². The molecule has 0 aliphatic carbocycles. The molecule has 0 saturated carbocycles. The van der Waals surface area contributed by atoms with Crippen molar-refractivity contribution in [3.63, 3.8) is 0 Å². The zero-order valence-corrected chi connectivity index (χ0v) is 14.0. The van der Waals surface area contributed by atoms with Crippen molar-refractivity contribution in [2.45, 2.75) is 0 Å². The third kappa shape index (κ3) is 2.91. The highest BCUT2D eigenvalue weighted by Gasteiger charge is 2.10. The maximum atomic E-state index is 12.2. The molecule has 2 heterocycles. The number of fused-ring (bicyclic) bond motifs is 1. The molecule has 0 atom stereocenters. The fraction of sp³-hybridized carbons (Fsp3) is 0. The number of nitrogens with one attached hydrogen (secondary N) is 2. The molecular formula is C18H12ClN3OS. The molecule has 4 aromatic rings. The maximum absolute atomic E-state index is 12.2. The lowest BCUT2D eigenvalue weighted by atomic mass is 10.2. The number of aromatic nitrogens is 2. The Kier molecular flexibility index (Phi) is 3.80. The number of amides is 1. The molecule has 0 unspecified atom stereocenters. The van der Waals surface area contributed by atoms with Crippen molar-refractivity contribution < 1.29 is 4.79 Å². The van der Waals surface area contributed by atoms with Crippen LogP contribution in [0.2, 0.25) is 4.34 Å². The van der Waals surface area contributed by atoms with Gasteiger partial charge in [-0.3, -0.25) is 4.79 Å². The number of nitrogens with zero attached hydrogens (tertiary/aromatic N) is 1. The summed E-state index contributed by atoms with van der Waals surface area (Å²) in [4.78, 5) is 20.7. The Morgan fingerprint density at radius 3 is 2.75 bits per heavy atom. The second kappa shape index (κ2) is 6.11. The number of imidazole rings is 1. The second-order valence-corrected chi connectivity index (χ2v) is 6.96. The number of aromatic amines is 1. The van der Waals surface area contributed by atoms with Crippen molar-refractivity contribution in [1.82, 2.24) is 9.97 Å². The number of para-hydroxylation sites is 2.